The van der Waals surface area contributed by atoms with Crippen LogP contribution in [0.5, 0.6) is 0 Å². The van der Waals surface area contributed by atoms with E-state index in [2.05, 4.69) is 5.32 Å². The minimum absolute atomic E-state index is 0.123. The van der Waals surface area contributed by atoms with Crippen molar-refractivity contribution in [1.82, 2.24) is 10.2 Å². The molecule has 0 aliphatic carbocycles. The van der Waals surface area contributed by atoms with Crippen molar-refractivity contribution in [3.63, 3.8) is 0 Å². The van der Waals surface area contributed by atoms with Crippen LogP contribution in [0, 0.1) is 11.7 Å². The van der Waals surface area contributed by atoms with Gasteiger partial charge >= 0.3 is 0 Å². The number of carbonyl (C=O) groups excluding carboxylic acids is 2. The lowest BCUT2D eigenvalue weighted by molar-refractivity contribution is -0.141. The first-order chi connectivity index (χ1) is 13.4. The van der Waals surface area contributed by atoms with Gasteiger partial charge in [0.25, 0.3) is 0 Å². The van der Waals surface area contributed by atoms with Crippen molar-refractivity contribution in [3.8, 4) is 0 Å². The molecule has 1 atom stereocenters. The molecule has 0 unspecified atom stereocenters. The van der Waals surface area contributed by atoms with Gasteiger partial charge in [-0.3, -0.25) is 9.59 Å². The predicted octanol–water partition coefficient (Wildman–Crippen LogP) is 3.95. The summed E-state index contributed by atoms with van der Waals surface area (Å²) >= 11 is 0. The summed E-state index contributed by atoms with van der Waals surface area (Å²) in [6, 6.07) is 14.9. The van der Waals surface area contributed by atoms with E-state index >= 15 is 0 Å². The number of rotatable bonds is 9. The van der Waals surface area contributed by atoms with Gasteiger partial charge in [0.05, 0.1) is 6.42 Å². The molecular weight excluding hydrogens is 355 g/mol. The van der Waals surface area contributed by atoms with E-state index in [0.29, 0.717) is 18.9 Å². The van der Waals surface area contributed by atoms with Gasteiger partial charge < -0.3 is 10.2 Å². The van der Waals surface area contributed by atoms with Gasteiger partial charge in [0.1, 0.15) is 11.9 Å². The average molecular weight is 384 g/mol. The molecule has 1 N–H and O–H groups in total. The number of nitrogens with one attached hydrogen (secondary N) is 1. The van der Waals surface area contributed by atoms with Gasteiger partial charge in [0, 0.05) is 13.1 Å². The molecule has 150 valence electrons. The lowest BCUT2D eigenvalue weighted by Crippen LogP contribution is -2.50. The Morgan fingerprint density at radius 1 is 1.00 bits per heavy atom. The third-order valence-corrected chi connectivity index (χ3v) is 4.53. The Bertz CT molecular complexity index is 760. The third kappa shape index (κ3) is 6.48. The van der Waals surface area contributed by atoms with Crippen LogP contribution in [-0.2, 0) is 22.6 Å². The van der Waals surface area contributed by atoms with E-state index in [-0.39, 0.29) is 30.6 Å². The number of amides is 2. The first-order valence-electron chi connectivity index (χ1n) is 9.76. The summed E-state index contributed by atoms with van der Waals surface area (Å²) in [5.41, 5.74) is 1.69. The van der Waals surface area contributed by atoms with Crippen LogP contribution in [0.4, 0.5) is 4.39 Å². The zero-order valence-electron chi connectivity index (χ0n) is 16.8. The van der Waals surface area contributed by atoms with Crippen molar-refractivity contribution in [1.29, 1.82) is 0 Å². The highest BCUT2D eigenvalue weighted by atomic mass is 19.1. The van der Waals surface area contributed by atoms with Crippen molar-refractivity contribution < 1.29 is 14.0 Å². The Kier molecular flexibility index (Phi) is 8.18. The molecule has 5 heteroatoms. The molecule has 0 saturated heterocycles. The fourth-order valence-electron chi connectivity index (χ4n) is 3.00. The lowest BCUT2D eigenvalue weighted by atomic mass is 10.1. The number of carbonyl (C=O) groups is 2. The molecule has 0 fully saturated rings. The van der Waals surface area contributed by atoms with Crippen LogP contribution >= 0.6 is 0 Å². The SMILES string of the molecule is CC[C@@H](C(=O)NCC(C)C)N(Cc1ccc(F)cc1)C(=O)Cc1ccccc1. The smallest absolute Gasteiger partial charge is 0.242 e. The molecule has 2 amide bonds. The predicted molar refractivity (Wildman–Crippen MR) is 109 cm³/mol. The summed E-state index contributed by atoms with van der Waals surface area (Å²) in [6.07, 6.45) is 0.724. The molecule has 0 aromatic heterocycles. The van der Waals surface area contributed by atoms with Crippen LogP contribution in [0.2, 0.25) is 0 Å². The van der Waals surface area contributed by atoms with Crippen molar-refractivity contribution in [2.24, 2.45) is 5.92 Å². The minimum atomic E-state index is -0.569. The fourth-order valence-corrected chi connectivity index (χ4v) is 3.00. The zero-order chi connectivity index (χ0) is 20.5. The van der Waals surface area contributed by atoms with Crippen LogP contribution < -0.4 is 5.32 Å². The van der Waals surface area contributed by atoms with Gasteiger partial charge in [-0.25, -0.2) is 4.39 Å². The number of hydrogen-bond acceptors (Lipinski definition) is 2. The van der Waals surface area contributed by atoms with Gasteiger partial charge in [-0.15, -0.1) is 0 Å². The maximum Gasteiger partial charge on any atom is 0.242 e. The highest BCUT2D eigenvalue weighted by molar-refractivity contribution is 5.88. The second-order valence-electron chi connectivity index (χ2n) is 7.37. The molecule has 0 radical (unpaired) electrons. The Morgan fingerprint density at radius 3 is 2.21 bits per heavy atom. The standard InChI is InChI=1S/C23H29FN2O2/c1-4-21(23(28)25-15-17(2)3)26(16-19-10-12-20(24)13-11-19)22(27)14-18-8-6-5-7-9-18/h5-13,17,21H,4,14-16H2,1-3H3,(H,25,28)/t21-/m0/s1. The van der Waals surface area contributed by atoms with Gasteiger partial charge in [-0.05, 0) is 35.6 Å². The Balaban J connectivity index is 2.23. The van der Waals surface area contributed by atoms with Crippen LogP contribution in [0.3, 0.4) is 0 Å². The third-order valence-electron chi connectivity index (χ3n) is 4.53. The van der Waals surface area contributed by atoms with Gasteiger partial charge in [-0.1, -0.05) is 63.2 Å². The molecule has 2 rings (SSSR count). The van der Waals surface area contributed by atoms with Gasteiger partial charge in [0.2, 0.25) is 11.8 Å². The molecule has 0 bridgehead atoms. The summed E-state index contributed by atoms with van der Waals surface area (Å²) in [4.78, 5) is 27.5. The quantitative estimate of drug-likeness (QED) is 0.712. The fraction of sp³-hybridized carbons (Fsp3) is 0.391. The number of nitrogens with zero attached hydrogens (tertiary/aromatic N) is 1. The number of hydrogen-bond donors (Lipinski definition) is 1. The van der Waals surface area contributed by atoms with E-state index in [1.54, 1.807) is 17.0 Å². The van der Waals surface area contributed by atoms with Crippen LogP contribution in [-0.4, -0.2) is 29.3 Å². The molecular formula is C23H29FN2O2. The first kappa shape index (κ1) is 21.6. The summed E-state index contributed by atoms with van der Waals surface area (Å²) in [5, 5.41) is 2.93. The normalized spacial score (nSPS) is 11.9. The highest BCUT2D eigenvalue weighted by Crippen LogP contribution is 2.15. The second-order valence-corrected chi connectivity index (χ2v) is 7.37. The average Bonchev–Trinajstić information content (AvgIpc) is 2.68. The van der Waals surface area contributed by atoms with E-state index < -0.39 is 6.04 Å². The molecule has 0 saturated carbocycles. The maximum absolute atomic E-state index is 13.3. The number of benzene rings is 2. The maximum atomic E-state index is 13.3. The molecule has 0 aliphatic rings. The van der Waals surface area contributed by atoms with E-state index in [1.807, 2.05) is 51.1 Å². The summed E-state index contributed by atoms with van der Waals surface area (Å²) < 4.78 is 13.3. The number of halogens is 1. The molecule has 4 nitrogen and oxygen atoms in total. The van der Waals surface area contributed by atoms with Gasteiger partial charge in [-0.2, -0.15) is 0 Å². The molecule has 28 heavy (non-hydrogen) atoms. The minimum Gasteiger partial charge on any atom is -0.354 e. The van der Waals surface area contributed by atoms with E-state index in [4.69, 9.17) is 0 Å². The van der Waals surface area contributed by atoms with Crippen molar-refractivity contribution in [2.45, 2.75) is 46.2 Å². The second kappa shape index (κ2) is 10.6. The van der Waals surface area contributed by atoms with Crippen molar-refractivity contribution >= 4 is 11.8 Å². The zero-order valence-corrected chi connectivity index (χ0v) is 16.8. The topological polar surface area (TPSA) is 49.4 Å². The van der Waals surface area contributed by atoms with Crippen molar-refractivity contribution in [3.05, 3.63) is 71.5 Å². The van der Waals surface area contributed by atoms with Gasteiger partial charge in [0.15, 0.2) is 0 Å². The van der Waals surface area contributed by atoms with Crippen LogP contribution in [0.25, 0.3) is 0 Å². The summed E-state index contributed by atoms with van der Waals surface area (Å²) in [6.45, 7) is 6.77. The molecule has 0 heterocycles. The Labute approximate surface area is 166 Å². The first-order valence-corrected chi connectivity index (χ1v) is 9.76. The van der Waals surface area contributed by atoms with E-state index in [0.717, 1.165) is 11.1 Å². The molecule has 2 aromatic rings. The monoisotopic (exact) mass is 384 g/mol. The Hall–Kier alpha value is -2.69. The Morgan fingerprint density at radius 2 is 1.64 bits per heavy atom. The van der Waals surface area contributed by atoms with Crippen LogP contribution in [0.15, 0.2) is 54.6 Å². The molecule has 2 aromatic carbocycles. The van der Waals surface area contributed by atoms with E-state index in [1.165, 1.54) is 12.1 Å². The van der Waals surface area contributed by atoms with Crippen LogP contribution in [0.1, 0.15) is 38.3 Å². The molecule has 0 spiro atoms. The summed E-state index contributed by atoms with van der Waals surface area (Å²) in [7, 11) is 0. The summed E-state index contributed by atoms with van der Waals surface area (Å²) in [5.74, 6) is -0.276. The largest absolute Gasteiger partial charge is 0.354 e. The lowest BCUT2D eigenvalue weighted by Gasteiger charge is -2.31. The highest BCUT2D eigenvalue weighted by Gasteiger charge is 2.28. The van der Waals surface area contributed by atoms with E-state index in [9.17, 15) is 14.0 Å². The van der Waals surface area contributed by atoms with Crippen molar-refractivity contribution in [2.75, 3.05) is 6.54 Å². The molecule has 0 aliphatic heterocycles.